The molecule has 32 heavy (non-hydrogen) atoms. The van der Waals surface area contributed by atoms with Gasteiger partial charge >= 0.3 is 0 Å². The normalized spacial score (nSPS) is 20.2. The fraction of sp³-hybridized carbons (Fsp3) is 0.640. The number of hydrogen-bond acceptors (Lipinski definition) is 5. The first-order valence-electron chi connectivity index (χ1n) is 12.2. The van der Waals surface area contributed by atoms with Crippen molar-refractivity contribution in [2.45, 2.75) is 59.2 Å². The summed E-state index contributed by atoms with van der Waals surface area (Å²) in [5.74, 6) is 2.82. The Hall–Kier alpha value is -2.25. The van der Waals surface area contributed by atoms with E-state index in [2.05, 4.69) is 75.0 Å². The molecule has 0 saturated carbocycles. The molecule has 174 valence electrons. The molecule has 3 heterocycles. The molecule has 0 unspecified atom stereocenters. The molecule has 1 atom stereocenters. The number of rotatable bonds is 7. The Morgan fingerprint density at radius 3 is 2.62 bits per heavy atom. The summed E-state index contributed by atoms with van der Waals surface area (Å²) in [5, 5.41) is 11.9. The van der Waals surface area contributed by atoms with Crippen LogP contribution in [0.2, 0.25) is 0 Å². The summed E-state index contributed by atoms with van der Waals surface area (Å²) in [6.45, 7) is 10.7. The van der Waals surface area contributed by atoms with Gasteiger partial charge in [-0.15, -0.1) is 10.2 Å². The van der Waals surface area contributed by atoms with Gasteiger partial charge in [-0.05, 0) is 49.9 Å². The topological polar surface area (TPSA) is 66.3 Å². The van der Waals surface area contributed by atoms with Crippen molar-refractivity contribution in [1.29, 1.82) is 0 Å². The van der Waals surface area contributed by atoms with E-state index in [1.165, 1.54) is 11.1 Å². The predicted molar refractivity (Wildman–Crippen MR) is 126 cm³/mol. The minimum atomic E-state index is 0.0858. The van der Waals surface area contributed by atoms with Gasteiger partial charge in [-0.3, -0.25) is 9.69 Å². The molecule has 7 heteroatoms. The lowest BCUT2D eigenvalue weighted by molar-refractivity contribution is -0.126. The van der Waals surface area contributed by atoms with Crippen LogP contribution in [0, 0.1) is 11.8 Å². The molecule has 1 aromatic carbocycles. The highest BCUT2D eigenvalue weighted by Crippen LogP contribution is 2.17. The first-order chi connectivity index (χ1) is 15.5. The van der Waals surface area contributed by atoms with Gasteiger partial charge in [0.2, 0.25) is 5.91 Å². The quantitative estimate of drug-likeness (QED) is 0.720. The maximum Gasteiger partial charge on any atom is 0.224 e. The van der Waals surface area contributed by atoms with Crippen molar-refractivity contribution in [1.82, 2.24) is 29.9 Å². The molecule has 0 aliphatic carbocycles. The lowest BCUT2D eigenvalue weighted by Gasteiger charge is -2.28. The molecule has 0 radical (unpaired) electrons. The summed E-state index contributed by atoms with van der Waals surface area (Å²) in [5.41, 5.74) is 2.78. The number of likely N-dealkylation sites (tertiary alicyclic amines) is 1. The second-order valence-electron chi connectivity index (χ2n) is 9.94. The smallest absolute Gasteiger partial charge is 0.224 e. The van der Waals surface area contributed by atoms with Crippen molar-refractivity contribution in [3.05, 3.63) is 47.0 Å². The minimum Gasteiger partial charge on any atom is -0.349 e. The van der Waals surface area contributed by atoms with E-state index in [1.807, 2.05) is 0 Å². The van der Waals surface area contributed by atoms with Crippen LogP contribution in [0.4, 0.5) is 0 Å². The highest BCUT2D eigenvalue weighted by Gasteiger charge is 2.25. The molecule has 1 amide bonds. The van der Waals surface area contributed by atoms with E-state index in [9.17, 15) is 4.79 Å². The Kier molecular flexibility index (Phi) is 7.58. The van der Waals surface area contributed by atoms with Crippen molar-refractivity contribution < 1.29 is 4.79 Å². The van der Waals surface area contributed by atoms with Gasteiger partial charge in [0.25, 0.3) is 0 Å². The van der Waals surface area contributed by atoms with Crippen LogP contribution in [0.3, 0.4) is 0 Å². The number of fused-ring (bicyclic) bond motifs is 1. The second kappa shape index (κ2) is 10.6. The van der Waals surface area contributed by atoms with Crippen molar-refractivity contribution in [3.63, 3.8) is 0 Å². The predicted octanol–water partition coefficient (Wildman–Crippen LogP) is 2.49. The summed E-state index contributed by atoms with van der Waals surface area (Å²) >= 11 is 0. The van der Waals surface area contributed by atoms with Crippen LogP contribution >= 0.6 is 0 Å². The second-order valence-corrected chi connectivity index (χ2v) is 9.94. The molecular formula is C25H38N6O. The van der Waals surface area contributed by atoms with Gasteiger partial charge in [0, 0.05) is 39.1 Å². The van der Waals surface area contributed by atoms with Crippen molar-refractivity contribution >= 4 is 5.91 Å². The Morgan fingerprint density at radius 1 is 1.09 bits per heavy atom. The van der Waals surface area contributed by atoms with Crippen LogP contribution in [-0.4, -0.2) is 63.7 Å². The number of carbonyl (C=O) groups is 1. The molecule has 1 aromatic heterocycles. The highest BCUT2D eigenvalue weighted by molar-refractivity contribution is 5.78. The molecule has 7 nitrogen and oxygen atoms in total. The Labute approximate surface area is 192 Å². The molecule has 2 aromatic rings. The Bertz CT molecular complexity index is 890. The molecule has 0 bridgehead atoms. The van der Waals surface area contributed by atoms with Crippen LogP contribution in [0.25, 0.3) is 0 Å². The van der Waals surface area contributed by atoms with E-state index in [0.717, 1.165) is 76.6 Å². The zero-order chi connectivity index (χ0) is 22.5. The number of carbonyl (C=O) groups excluding carboxylic acids is 1. The lowest BCUT2D eigenvalue weighted by atomic mass is 9.98. The summed E-state index contributed by atoms with van der Waals surface area (Å²) in [4.78, 5) is 17.3. The maximum atomic E-state index is 12.6. The van der Waals surface area contributed by atoms with Crippen LogP contribution in [-0.2, 0) is 37.3 Å². The van der Waals surface area contributed by atoms with Crippen LogP contribution in [0.5, 0.6) is 0 Å². The number of hydrogen-bond donors (Lipinski definition) is 1. The Morgan fingerprint density at radius 2 is 1.88 bits per heavy atom. The van der Waals surface area contributed by atoms with Gasteiger partial charge in [0.15, 0.2) is 5.82 Å². The zero-order valence-corrected chi connectivity index (χ0v) is 19.9. The lowest BCUT2D eigenvalue weighted by Crippen LogP contribution is -2.41. The maximum absolute atomic E-state index is 12.6. The fourth-order valence-electron chi connectivity index (χ4n) is 4.92. The third-order valence-electron chi connectivity index (χ3n) is 6.68. The van der Waals surface area contributed by atoms with E-state index in [-0.39, 0.29) is 11.8 Å². The highest BCUT2D eigenvalue weighted by atomic mass is 16.1. The molecule has 1 fully saturated rings. The number of piperidine rings is 1. The van der Waals surface area contributed by atoms with E-state index in [1.54, 1.807) is 0 Å². The first-order valence-corrected chi connectivity index (χ1v) is 12.2. The third-order valence-corrected chi connectivity index (χ3v) is 6.68. The monoisotopic (exact) mass is 438 g/mol. The van der Waals surface area contributed by atoms with Crippen LogP contribution < -0.4 is 5.32 Å². The van der Waals surface area contributed by atoms with Crippen molar-refractivity contribution in [2.24, 2.45) is 11.8 Å². The summed E-state index contributed by atoms with van der Waals surface area (Å²) in [6.07, 6.45) is 4.08. The van der Waals surface area contributed by atoms with Gasteiger partial charge in [0.05, 0.1) is 12.5 Å². The number of nitrogens with one attached hydrogen (secondary N) is 1. The molecule has 0 spiro atoms. The molecule has 1 saturated heterocycles. The van der Waals surface area contributed by atoms with Crippen molar-refractivity contribution in [3.8, 4) is 0 Å². The summed E-state index contributed by atoms with van der Waals surface area (Å²) in [7, 11) is 2.09. The summed E-state index contributed by atoms with van der Waals surface area (Å²) in [6, 6.07) is 9.08. The average Bonchev–Trinajstić information content (AvgIpc) is 3.05. The fourth-order valence-corrected chi connectivity index (χ4v) is 4.92. The summed E-state index contributed by atoms with van der Waals surface area (Å²) < 4.78 is 2.21. The third kappa shape index (κ3) is 5.95. The van der Waals surface area contributed by atoms with Gasteiger partial charge in [-0.25, -0.2) is 0 Å². The van der Waals surface area contributed by atoms with E-state index >= 15 is 0 Å². The molecule has 2 aliphatic rings. The van der Waals surface area contributed by atoms with E-state index in [4.69, 9.17) is 0 Å². The first kappa shape index (κ1) is 22.9. The zero-order valence-electron chi connectivity index (χ0n) is 19.9. The molecular weight excluding hydrogens is 400 g/mol. The number of amides is 1. The SMILES string of the molecule is CC(C)Cc1ccc(CN2CCc3nnc(CNC(=O)[C@H]4CCCN(C)C4)n3CC2)cc1. The standard InChI is InChI=1S/C25H38N6O/c1-19(2)15-20-6-8-21(9-7-20)17-30-12-10-23-27-28-24(31(23)14-13-30)16-26-25(32)22-5-4-11-29(3)18-22/h6-9,19,22H,4-5,10-18H2,1-3H3,(H,26,32)/t22-/m0/s1. The van der Waals surface area contributed by atoms with Crippen LogP contribution in [0.15, 0.2) is 24.3 Å². The number of aromatic nitrogens is 3. The molecule has 1 N–H and O–H groups in total. The largest absolute Gasteiger partial charge is 0.349 e. The van der Waals surface area contributed by atoms with E-state index < -0.39 is 0 Å². The Balaban J connectivity index is 1.29. The molecule has 2 aliphatic heterocycles. The number of nitrogens with zero attached hydrogens (tertiary/aromatic N) is 5. The average molecular weight is 439 g/mol. The minimum absolute atomic E-state index is 0.0858. The van der Waals surface area contributed by atoms with Gasteiger partial charge in [-0.2, -0.15) is 0 Å². The number of benzene rings is 1. The van der Waals surface area contributed by atoms with Gasteiger partial charge in [-0.1, -0.05) is 38.1 Å². The van der Waals surface area contributed by atoms with Crippen LogP contribution in [0.1, 0.15) is 49.5 Å². The van der Waals surface area contributed by atoms with Gasteiger partial charge < -0.3 is 14.8 Å². The molecule has 4 rings (SSSR count). The van der Waals surface area contributed by atoms with Gasteiger partial charge in [0.1, 0.15) is 5.82 Å². The van der Waals surface area contributed by atoms with E-state index in [0.29, 0.717) is 12.5 Å². The van der Waals surface area contributed by atoms with Crippen molar-refractivity contribution in [2.75, 3.05) is 33.2 Å².